The van der Waals surface area contributed by atoms with Crippen molar-refractivity contribution in [1.29, 1.82) is 0 Å². The summed E-state index contributed by atoms with van der Waals surface area (Å²) in [7, 11) is -0.442. The molecular weight excluding hydrogens is 425 g/mol. The van der Waals surface area contributed by atoms with Crippen LogP contribution in [0.1, 0.15) is 17.3 Å². The molecule has 0 aliphatic carbocycles. The van der Waals surface area contributed by atoms with Crippen molar-refractivity contribution in [3.8, 4) is 5.75 Å². The fourth-order valence-corrected chi connectivity index (χ4v) is 4.77. The topological polar surface area (TPSA) is 88.2 Å². The van der Waals surface area contributed by atoms with Gasteiger partial charge in [-0.2, -0.15) is 4.31 Å². The summed E-state index contributed by atoms with van der Waals surface area (Å²) in [5.41, 5.74) is 0.739. The maximum absolute atomic E-state index is 14.2. The van der Waals surface area contributed by atoms with Gasteiger partial charge >= 0.3 is 0 Å². The van der Waals surface area contributed by atoms with Crippen LogP contribution in [0.15, 0.2) is 41.3 Å². The molecule has 1 amide bonds. The molecule has 1 N–H and O–H groups in total. The second-order valence-corrected chi connectivity index (χ2v) is 9.03. The van der Waals surface area contributed by atoms with E-state index in [1.807, 2.05) is 0 Å². The van der Waals surface area contributed by atoms with E-state index in [4.69, 9.17) is 9.47 Å². The van der Waals surface area contributed by atoms with Gasteiger partial charge < -0.3 is 19.7 Å². The van der Waals surface area contributed by atoms with Gasteiger partial charge in [0.15, 0.2) is 0 Å². The first-order valence-electron chi connectivity index (χ1n) is 9.87. The summed E-state index contributed by atoms with van der Waals surface area (Å²) in [4.78, 5) is 14.2. The molecule has 3 rings (SSSR count). The Kier molecular flexibility index (Phi) is 7.14. The summed E-state index contributed by atoms with van der Waals surface area (Å²) in [6.45, 7) is 3.15. The Labute approximate surface area is 181 Å². The van der Waals surface area contributed by atoms with E-state index in [2.05, 4.69) is 5.32 Å². The van der Waals surface area contributed by atoms with Crippen molar-refractivity contribution in [1.82, 2.24) is 4.31 Å². The number of halogens is 1. The molecule has 1 aliphatic rings. The van der Waals surface area contributed by atoms with E-state index in [9.17, 15) is 17.6 Å². The third kappa shape index (κ3) is 5.15. The lowest BCUT2D eigenvalue weighted by Gasteiger charge is -2.27. The zero-order valence-corrected chi connectivity index (χ0v) is 18.5. The summed E-state index contributed by atoms with van der Waals surface area (Å²) in [6.07, 6.45) is 0. The first-order valence-corrected chi connectivity index (χ1v) is 11.3. The summed E-state index contributed by atoms with van der Waals surface area (Å²) in [6, 6.07) is 8.57. The van der Waals surface area contributed by atoms with Gasteiger partial charge in [0.05, 0.1) is 25.5 Å². The summed E-state index contributed by atoms with van der Waals surface area (Å²) in [5.74, 6) is -0.878. The minimum atomic E-state index is -3.85. The van der Waals surface area contributed by atoms with Gasteiger partial charge in [0.25, 0.3) is 5.91 Å². The minimum absolute atomic E-state index is 0.0387. The summed E-state index contributed by atoms with van der Waals surface area (Å²) < 4.78 is 52.6. The van der Waals surface area contributed by atoms with Crippen LogP contribution < -0.4 is 15.0 Å². The number of amides is 1. The third-order valence-electron chi connectivity index (χ3n) is 4.78. The lowest BCUT2D eigenvalue weighted by Crippen LogP contribution is -2.40. The predicted octanol–water partition coefficient (Wildman–Crippen LogP) is 2.56. The van der Waals surface area contributed by atoms with E-state index >= 15 is 0 Å². The van der Waals surface area contributed by atoms with Gasteiger partial charge in [0.2, 0.25) is 10.0 Å². The van der Waals surface area contributed by atoms with Gasteiger partial charge in [-0.1, -0.05) is 0 Å². The standard InChI is InChI=1S/C21H26FN3O5S/c1-4-30-19-8-6-16(14-20(19)31(27,28)25-9-11-29-12-10-25)23-21(26)15-5-7-18(24(2)3)17(22)13-15/h5-8,13-14H,4,9-12H2,1-3H3,(H,23,26). The smallest absolute Gasteiger partial charge is 0.255 e. The van der Waals surface area contributed by atoms with Gasteiger partial charge in [-0.25, -0.2) is 12.8 Å². The number of sulfonamides is 1. The first kappa shape index (κ1) is 23.0. The van der Waals surface area contributed by atoms with Crippen molar-refractivity contribution in [2.75, 3.05) is 57.2 Å². The largest absolute Gasteiger partial charge is 0.492 e. The lowest BCUT2D eigenvalue weighted by atomic mass is 10.1. The van der Waals surface area contributed by atoms with E-state index in [-0.39, 0.29) is 41.6 Å². The van der Waals surface area contributed by atoms with E-state index in [0.29, 0.717) is 18.9 Å². The molecule has 0 spiro atoms. The molecule has 0 bridgehead atoms. The average Bonchev–Trinajstić information content (AvgIpc) is 2.75. The molecule has 0 aromatic heterocycles. The third-order valence-corrected chi connectivity index (χ3v) is 6.70. The fourth-order valence-electron chi connectivity index (χ4n) is 3.20. The number of anilines is 2. The Balaban J connectivity index is 1.89. The van der Waals surface area contributed by atoms with E-state index < -0.39 is 21.7 Å². The Bertz CT molecular complexity index is 1050. The molecule has 2 aromatic rings. The highest BCUT2D eigenvalue weighted by atomic mass is 32.2. The SMILES string of the molecule is CCOc1ccc(NC(=O)c2ccc(N(C)C)c(F)c2)cc1S(=O)(=O)N1CCOCC1. The minimum Gasteiger partial charge on any atom is -0.492 e. The molecule has 0 saturated carbocycles. The van der Waals surface area contributed by atoms with Crippen LogP contribution in [0.25, 0.3) is 0 Å². The van der Waals surface area contributed by atoms with Crippen molar-refractivity contribution in [2.24, 2.45) is 0 Å². The lowest BCUT2D eigenvalue weighted by molar-refractivity contribution is 0.0729. The van der Waals surface area contributed by atoms with Crippen molar-refractivity contribution in [3.05, 3.63) is 47.8 Å². The van der Waals surface area contributed by atoms with Crippen LogP contribution in [0.4, 0.5) is 15.8 Å². The molecule has 31 heavy (non-hydrogen) atoms. The molecule has 8 nitrogen and oxygen atoms in total. The average molecular weight is 452 g/mol. The first-order chi connectivity index (χ1) is 14.7. The second kappa shape index (κ2) is 9.63. The van der Waals surface area contributed by atoms with Crippen molar-refractivity contribution >= 4 is 27.3 Å². The van der Waals surface area contributed by atoms with E-state index in [0.717, 1.165) is 6.07 Å². The molecule has 1 saturated heterocycles. The molecule has 0 unspecified atom stereocenters. The highest BCUT2D eigenvalue weighted by Gasteiger charge is 2.30. The summed E-state index contributed by atoms with van der Waals surface area (Å²) >= 11 is 0. The molecule has 168 valence electrons. The number of nitrogens with zero attached hydrogens (tertiary/aromatic N) is 2. The molecule has 2 aromatic carbocycles. The van der Waals surface area contributed by atoms with Crippen LogP contribution >= 0.6 is 0 Å². The van der Waals surface area contributed by atoms with E-state index in [1.165, 1.54) is 28.6 Å². The van der Waals surface area contributed by atoms with Gasteiger partial charge in [0.1, 0.15) is 16.5 Å². The number of morpholine rings is 1. The zero-order chi connectivity index (χ0) is 22.6. The molecular formula is C21H26FN3O5S. The van der Waals surface area contributed by atoms with Gasteiger partial charge in [-0.3, -0.25) is 4.79 Å². The quantitative estimate of drug-likeness (QED) is 0.696. The van der Waals surface area contributed by atoms with Crippen LogP contribution in [0, 0.1) is 5.82 Å². The monoisotopic (exact) mass is 451 g/mol. The number of ether oxygens (including phenoxy) is 2. The number of carbonyl (C=O) groups excluding carboxylic acids is 1. The second-order valence-electron chi connectivity index (χ2n) is 7.13. The van der Waals surface area contributed by atoms with Crippen LogP contribution in [0.3, 0.4) is 0 Å². The molecule has 10 heteroatoms. The number of hydrogen-bond acceptors (Lipinski definition) is 6. The molecule has 0 radical (unpaired) electrons. The molecule has 1 aliphatic heterocycles. The fraction of sp³-hybridized carbons (Fsp3) is 0.381. The normalized spacial score (nSPS) is 14.8. The Morgan fingerprint density at radius 3 is 2.52 bits per heavy atom. The number of benzene rings is 2. The zero-order valence-electron chi connectivity index (χ0n) is 17.7. The van der Waals surface area contributed by atoms with Crippen LogP contribution in [-0.2, 0) is 14.8 Å². The highest BCUT2D eigenvalue weighted by molar-refractivity contribution is 7.89. The maximum atomic E-state index is 14.2. The number of hydrogen-bond donors (Lipinski definition) is 1. The van der Waals surface area contributed by atoms with Crippen molar-refractivity contribution in [2.45, 2.75) is 11.8 Å². The molecule has 1 fully saturated rings. The number of rotatable bonds is 7. The van der Waals surface area contributed by atoms with Crippen LogP contribution in [0.2, 0.25) is 0 Å². The Morgan fingerprint density at radius 1 is 1.19 bits per heavy atom. The van der Waals surface area contributed by atoms with Crippen molar-refractivity contribution < 1.29 is 27.1 Å². The van der Waals surface area contributed by atoms with Crippen LogP contribution in [-0.4, -0.2) is 65.6 Å². The van der Waals surface area contributed by atoms with E-state index in [1.54, 1.807) is 32.0 Å². The Morgan fingerprint density at radius 2 is 1.90 bits per heavy atom. The molecule has 0 atom stereocenters. The van der Waals surface area contributed by atoms with Crippen LogP contribution in [0.5, 0.6) is 5.75 Å². The van der Waals surface area contributed by atoms with Crippen molar-refractivity contribution in [3.63, 3.8) is 0 Å². The highest BCUT2D eigenvalue weighted by Crippen LogP contribution is 2.31. The maximum Gasteiger partial charge on any atom is 0.255 e. The molecule has 1 heterocycles. The van der Waals surface area contributed by atoms with Gasteiger partial charge in [-0.05, 0) is 43.3 Å². The number of carbonyl (C=O) groups is 1. The van der Waals surface area contributed by atoms with Gasteiger partial charge in [0, 0.05) is 38.4 Å². The number of nitrogens with one attached hydrogen (secondary N) is 1. The predicted molar refractivity (Wildman–Crippen MR) is 116 cm³/mol. The Hall–Kier alpha value is -2.69. The summed E-state index contributed by atoms with van der Waals surface area (Å²) in [5, 5.41) is 2.64. The van der Waals surface area contributed by atoms with Gasteiger partial charge in [-0.15, -0.1) is 0 Å².